The third kappa shape index (κ3) is 8.91. The summed E-state index contributed by atoms with van der Waals surface area (Å²) in [7, 11) is 0. The van der Waals surface area contributed by atoms with E-state index in [4.69, 9.17) is 0 Å². The third-order valence-corrected chi connectivity index (χ3v) is 0. The Bertz CT molecular complexity index is 8.00. The van der Waals surface area contributed by atoms with Crippen LogP contribution in [0, 0.1) is 0 Å². The van der Waals surface area contributed by atoms with E-state index in [1.807, 2.05) is 0 Å². The van der Waals surface area contributed by atoms with E-state index in [1.165, 1.54) is 0 Å². The molecular weight excluding hydrogens is 222 g/mol. The van der Waals surface area contributed by atoms with Crippen molar-refractivity contribution in [1.82, 2.24) is 0 Å². The fourth-order valence-electron chi connectivity index (χ4n) is 0. The summed E-state index contributed by atoms with van der Waals surface area (Å²) in [6, 6.07) is 0. The van der Waals surface area contributed by atoms with E-state index >= 15 is 0 Å². The molecule has 4 heteroatoms. The van der Waals surface area contributed by atoms with Crippen LogP contribution in [0.25, 0.3) is 0 Å². The van der Waals surface area contributed by atoms with E-state index in [0.717, 1.165) is 0 Å². The molecule has 0 fully saturated rings. The van der Waals surface area contributed by atoms with Gasteiger partial charge in [0.1, 0.15) is 0 Å². The maximum absolute atomic E-state index is 0. The molecule has 0 aromatic heterocycles. The van der Waals surface area contributed by atoms with Crippen LogP contribution in [0.2, 0.25) is 0 Å². The Balaban J connectivity index is 0. The van der Waals surface area contributed by atoms with Crippen molar-refractivity contribution in [3.8, 4) is 0 Å². The van der Waals surface area contributed by atoms with Crippen LogP contribution in [0.4, 0.5) is 0 Å². The van der Waals surface area contributed by atoms with Gasteiger partial charge in [0.25, 0.3) is 0 Å². The first-order valence-corrected chi connectivity index (χ1v) is 0. The predicted octanol–water partition coefficient (Wildman–Crippen LogP) is -2.11. The summed E-state index contributed by atoms with van der Waals surface area (Å²) < 4.78 is 0. The Labute approximate surface area is 95.1 Å². The fraction of sp³-hybridized carbons (Fsp3) is 0. The topological polar surface area (TPSA) is 0 Å². The molecule has 4 heavy (non-hydrogen) atoms. The average Bonchev–Trinajstić information content (AvgIpc) is 0. The summed E-state index contributed by atoms with van der Waals surface area (Å²) in [4.78, 5) is 0. The zero-order valence-corrected chi connectivity index (χ0v) is 3.24. The summed E-state index contributed by atoms with van der Waals surface area (Å²) in [6.07, 6.45) is 0. The predicted molar refractivity (Wildman–Crippen MR) is 18.5 cm³/mol. The third-order valence-electron chi connectivity index (χ3n) is 0. The molecule has 0 saturated heterocycles. The van der Waals surface area contributed by atoms with Gasteiger partial charge in [-0.1, -0.05) is 0 Å². The second-order valence-electron chi connectivity index (χ2n) is 0. The Morgan fingerprint density at radius 3 is 1.00 bits per heavy atom. The summed E-state index contributed by atoms with van der Waals surface area (Å²) in [5.74, 6) is 0. The molecule has 0 aromatic carbocycles. The molecule has 0 aliphatic rings. The maximum atomic E-state index is 0. The molecule has 0 rings (SSSR count). The van der Waals surface area contributed by atoms with E-state index in [-0.39, 0.29) is 97.3 Å². The summed E-state index contributed by atoms with van der Waals surface area (Å²) in [5.41, 5.74) is 0. The van der Waals surface area contributed by atoms with Crippen molar-refractivity contribution >= 4 is 62.8 Å². The second kappa shape index (κ2) is 16.6. The van der Waals surface area contributed by atoms with Gasteiger partial charge < -0.3 is 0 Å². The molecule has 1 radical (unpaired) electrons. The Hall–Kier alpha value is 3.06. The van der Waals surface area contributed by atoms with Crippen LogP contribution in [-0.2, 0) is 34.4 Å². The van der Waals surface area contributed by atoms with E-state index in [9.17, 15) is 0 Å². The number of rotatable bonds is 0. The molecule has 0 saturated carbocycles. The van der Waals surface area contributed by atoms with Crippen LogP contribution in [-0.4, -0.2) is 62.8 Å². The van der Waals surface area contributed by atoms with Gasteiger partial charge in [-0.25, -0.2) is 0 Å². The minimum atomic E-state index is 0. The Morgan fingerprint density at radius 1 is 1.00 bits per heavy atom. The van der Waals surface area contributed by atoms with Gasteiger partial charge >= 0.3 is 45.5 Å². The molecule has 0 N–H and O–H groups in total. The van der Waals surface area contributed by atoms with Crippen LogP contribution in [0.15, 0.2) is 0 Å². The Morgan fingerprint density at radius 2 is 1.00 bits per heavy atom. The van der Waals surface area contributed by atoms with Crippen molar-refractivity contribution in [3.05, 3.63) is 0 Å². The van der Waals surface area contributed by atoms with Gasteiger partial charge in [-0.3, -0.25) is 0 Å². The fourth-order valence-corrected chi connectivity index (χ4v) is 0. The van der Waals surface area contributed by atoms with Crippen LogP contribution < -0.4 is 0 Å². The van der Waals surface area contributed by atoms with Crippen molar-refractivity contribution in [2.75, 3.05) is 0 Å². The molecule has 0 aromatic rings. The van der Waals surface area contributed by atoms with Gasteiger partial charge in [-0.15, -0.1) is 0 Å². The number of hydrogen-bond donors (Lipinski definition) is 0. The van der Waals surface area contributed by atoms with Gasteiger partial charge in [-0.2, -0.15) is 0 Å². The SMILES string of the molecule is [AlH3].[Cr].[Mn].[SrH2]. The first-order chi connectivity index (χ1) is 0. The van der Waals surface area contributed by atoms with Crippen molar-refractivity contribution < 1.29 is 34.4 Å². The summed E-state index contributed by atoms with van der Waals surface area (Å²) >= 11 is 0. The van der Waals surface area contributed by atoms with Crippen LogP contribution in [0.1, 0.15) is 0 Å². The molecule has 0 spiro atoms. The van der Waals surface area contributed by atoms with Gasteiger partial charge in [0, 0.05) is 34.4 Å². The van der Waals surface area contributed by atoms with E-state index in [0.29, 0.717) is 0 Å². The van der Waals surface area contributed by atoms with Crippen LogP contribution in [0.5, 0.6) is 0 Å². The standard InChI is InChI=1S/Al.Cr.Mn.Sr.5H. The molecule has 0 amide bonds. The van der Waals surface area contributed by atoms with Gasteiger partial charge in [-0.05, 0) is 0 Å². The Kier molecular flexibility index (Phi) is 115. The zero-order chi connectivity index (χ0) is 0. The first kappa shape index (κ1) is 27.7. The van der Waals surface area contributed by atoms with Crippen LogP contribution >= 0.6 is 0 Å². The quantitative estimate of drug-likeness (QED) is 0.415. The van der Waals surface area contributed by atoms with Crippen molar-refractivity contribution in [2.45, 2.75) is 0 Å². The molecular formula is H5AlCrMnSr. The molecule has 0 aliphatic carbocycles. The van der Waals surface area contributed by atoms with Crippen LogP contribution in [0.3, 0.4) is 0 Å². The second-order valence-corrected chi connectivity index (χ2v) is 0. The number of hydrogen-bond acceptors (Lipinski definition) is 0. The van der Waals surface area contributed by atoms with Gasteiger partial charge in [0.2, 0.25) is 0 Å². The van der Waals surface area contributed by atoms with Crippen molar-refractivity contribution in [2.24, 2.45) is 0 Å². The van der Waals surface area contributed by atoms with E-state index < -0.39 is 0 Å². The minimum absolute atomic E-state index is 0. The van der Waals surface area contributed by atoms with E-state index in [2.05, 4.69) is 0 Å². The normalized spacial score (nSPS) is 0. The van der Waals surface area contributed by atoms with Crippen molar-refractivity contribution in [3.63, 3.8) is 0 Å². The van der Waals surface area contributed by atoms with E-state index in [1.54, 1.807) is 0 Å². The van der Waals surface area contributed by atoms with Gasteiger partial charge in [0.15, 0.2) is 17.4 Å². The zero-order valence-electron chi connectivity index (χ0n) is 0.786. The molecule has 0 nitrogen and oxygen atoms in total. The summed E-state index contributed by atoms with van der Waals surface area (Å²) in [6.45, 7) is 0. The molecule has 0 atom stereocenters. The summed E-state index contributed by atoms with van der Waals surface area (Å²) in [5, 5.41) is 0. The van der Waals surface area contributed by atoms with Gasteiger partial charge in [0.05, 0.1) is 0 Å². The van der Waals surface area contributed by atoms with Crippen molar-refractivity contribution in [1.29, 1.82) is 0 Å². The average molecular weight is 227 g/mol. The molecule has 0 heterocycles. The molecule has 23 valence electrons. The first-order valence-electron chi connectivity index (χ1n) is 0. The molecule has 0 aliphatic heterocycles. The monoisotopic (exact) mass is 227 g/mol. The molecule has 0 bridgehead atoms. The molecule has 0 unspecified atom stereocenters.